The van der Waals surface area contributed by atoms with E-state index in [1.807, 2.05) is 18.2 Å². The van der Waals surface area contributed by atoms with Gasteiger partial charge in [-0.05, 0) is 48.7 Å². The van der Waals surface area contributed by atoms with Crippen LogP contribution in [0.4, 0.5) is 5.69 Å². The average molecular weight is 417 g/mol. The van der Waals surface area contributed by atoms with Gasteiger partial charge in [-0.15, -0.1) is 0 Å². The molecule has 0 bridgehead atoms. The van der Waals surface area contributed by atoms with Gasteiger partial charge in [0, 0.05) is 10.7 Å². The monoisotopic (exact) mass is 416 g/mol. The van der Waals surface area contributed by atoms with E-state index in [2.05, 4.69) is 5.32 Å². The number of benzene rings is 2. The molecule has 0 unspecified atom stereocenters. The molecule has 5 nitrogen and oxygen atoms in total. The SMILES string of the molecule is N#Cc1ccc(NC(=O)COC(=O)C2(c3ccc(Cl)cc3)CCCC2)cc1Cl. The van der Waals surface area contributed by atoms with Gasteiger partial charge in [0.1, 0.15) is 6.07 Å². The molecule has 1 fully saturated rings. The molecule has 0 spiro atoms. The summed E-state index contributed by atoms with van der Waals surface area (Å²) in [5.41, 5.74) is 0.872. The first-order valence-electron chi connectivity index (χ1n) is 8.87. The van der Waals surface area contributed by atoms with Crippen LogP contribution >= 0.6 is 23.2 Å². The van der Waals surface area contributed by atoms with E-state index in [9.17, 15) is 9.59 Å². The molecule has 7 heteroatoms. The maximum Gasteiger partial charge on any atom is 0.317 e. The minimum atomic E-state index is -0.734. The Bertz CT molecular complexity index is 930. The average Bonchev–Trinajstić information content (AvgIpc) is 3.18. The smallest absolute Gasteiger partial charge is 0.317 e. The van der Waals surface area contributed by atoms with E-state index in [1.165, 1.54) is 12.1 Å². The minimum absolute atomic E-state index is 0.241. The van der Waals surface area contributed by atoms with Crippen LogP contribution in [-0.2, 0) is 19.7 Å². The number of ether oxygens (including phenoxy) is 1. The van der Waals surface area contributed by atoms with Crippen molar-refractivity contribution in [1.29, 1.82) is 5.26 Å². The Morgan fingerprint density at radius 3 is 2.39 bits per heavy atom. The molecule has 0 heterocycles. The molecule has 1 saturated carbocycles. The number of nitrogens with zero attached hydrogens (tertiary/aromatic N) is 1. The van der Waals surface area contributed by atoms with Crippen LogP contribution in [0.15, 0.2) is 42.5 Å². The lowest BCUT2D eigenvalue weighted by molar-refractivity contribution is -0.153. The zero-order valence-electron chi connectivity index (χ0n) is 15.0. The molecule has 2 aromatic carbocycles. The van der Waals surface area contributed by atoms with E-state index in [1.54, 1.807) is 18.2 Å². The van der Waals surface area contributed by atoms with E-state index >= 15 is 0 Å². The van der Waals surface area contributed by atoms with E-state index in [0.29, 0.717) is 29.1 Å². The van der Waals surface area contributed by atoms with Crippen molar-refractivity contribution < 1.29 is 14.3 Å². The maximum atomic E-state index is 12.9. The first-order valence-corrected chi connectivity index (χ1v) is 9.63. The predicted molar refractivity (Wildman–Crippen MR) is 107 cm³/mol. The summed E-state index contributed by atoms with van der Waals surface area (Å²) in [6.07, 6.45) is 3.21. The Balaban J connectivity index is 1.65. The van der Waals surface area contributed by atoms with Crippen LogP contribution in [0.5, 0.6) is 0 Å². The number of anilines is 1. The van der Waals surface area contributed by atoms with Crippen molar-refractivity contribution in [1.82, 2.24) is 0 Å². The van der Waals surface area contributed by atoms with Crippen molar-refractivity contribution in [3.8, 4) is 6.07 Å². The molecule has 144 valence electrons. The minimum Gasteiger partial charge on any atom is -0.455 e. The highest BCUT2D eigenvalue weighted by atomic mass is 35.5. The van der Waals surface area contributed by atoms with Crippen LogP contribution in [0.25, 0.3) is 0 Å². The quantitative estimate of drug-likeness (QED) is 0.705. The van der Waals surface area contributed by atoms with Crippen molar-refractivity contribution in [2.45, 2.75) is 31.1 Å². The number of nitrogens with one attached hydrogen (secondary N) is 1. The number of hydrogen-bond donors (Lipinski definition) is 1. The lowest BCUT2D eigenvalue weighted by Gasteiger charge is -2.27. The molecule has 1 amide bonds. The molecule has 0 aromatic heterocycles. The fourth-order valence-electron chi connectivity index (χ4n) is 3.51. The van der Waals surface area contributed by atoms with Crippen LogP contribution in [0.2, 0.25) is 10.0 Å². The second kappa shape index (κ2) is 8.64. The summed E-state index contributed by atoms with van der Waals surface area (Å²) in [5, 5.41) is 12.3. The van der Waals surface area contributed by atoms with Crippen molar-refractivity contribution in [2.75, 3.05) is 11.9 Å². The highest BCUT2D eigenvalue weighted by Gasteiger charge is 2.44. The van der Waals surface area contributed by atoms with Gasteiger partial charge in [-0.3, -0.25) is 9.59 Å². The van der Waals surface area contributed by atoms with E-state index in [4.69, 9.17) is 33.2 Å². The standard InChI is InChI=1S/C21H18Cl2N2O3/c22-16-6-4-15(5-7-16)21(9-1-2-10-21)20(27)28-13-19(26)25-17-8-3-14(12-24)18(23)11-17/h3-8,11H,1-2,9-10,13H2,(H,25,26). The van der Waals surface area contributed by atoms with E-state index in [-0.39, 0.29) is 5.02 Å². The van der Waals surface area contributed by atoms with Gasteiger partial charge in [-0.2, -0.15) is 5.26 Å². The second-order valence-electron chi connectivity index (χ2n) is 6.73. The topological polar surface area (TPSA) is 79.2 Å². The molecule has 0 atom stereocenters. The third-order valence-electron chi connectivity index (χ3n) is 4.95. The number of carbonyl (C=O) groups is 2. The predicted octanol–water partition coefficient (Wildman–Crippen LogP) is 4.86. The van der Waals surface area contributed by atoms with E-state index < -0.39 is 23.9 Å². The summed E-state index contributed by atoms with van der Waals surface area (Å²) in [6.45, 7) is -0.397. The largest absolute Gasteiger partial charge is 0.455 e. The summed E-state index contributed by atoms with van der Waals surface area (Å²) in [6, 6.07) is 13.7. The Kier molecular flexibility index (Phi) is 6.23. The summed E-state index contributed by atoms with van der Waals surface area (Å²) < 4.78 is 5.35. The third kappa shape index (κ3) is 4.30. The Hall–Kier alpha value is -2.55. The molecule has 1 N–H and O–H groups in total. The summed E-state index contributed by atoms with van der Waals surface area (Å²) in [4.78, 5) is 25.0. The van der Waals surface area contributed by atoms with Gasteiger partial charge < -0.3 is 10.1 Å². The molecule has 0 aliphatic heterocycles. The fraction of sp³-hybridized carbons (Fsp3) is 0.286. The van der Waals surface area contributed by atoms with Crippen LogP contribution < -0.4 is 5.32 Å². The zero-order valence-corrected chi connectivity index (χ0v) is 16.5. The first kappa shape index (κ1) is 20.2. The molecule has 1 aliphatic rings. The van der Waals surface area contributed by atoms with Crippen LogP contribution in [0.3, 0.4) is 0 Å². The number of esters is 1. The van der Waals surface area contributed by atoms with Gasteiger partial charge in [0.15, 0.2) is 6.61 Å². The lowest BCUT2D eigenvalue weighted by Crippen LogP contribution is -2.36. The highest BCUT2D eigenvalue weighted by molar-refractivity contribution is 6.32. The van der Waals surface area contributed by atoms with Crippen molar-refractivity contribution >= 4 is 40.8 Å². The number of hydrogen-bond acceptors (Lipinski definition) is 4. The molecule has 0 radical (unpaired) electrons. The molecule has 28 heavy (non-hydrogen) atoms. The maximum absolute atomic E-state index is 12.9. The van der Waals surface area contributed by atoms with Gasteiger partial charge in [0.2, 0.25) is 0 Å². The fourth-order valence-corrected chi connectivity index (χ4v) is 3.86. The number of halogens is 2. The highest BCUT2D eigenvalue weighted by Crippen LogP contribution is 2.42. The number of carbonyl (C=O) groups excluding carboxylic acids is 2. The van der Waals surface area contributed by atoms with E-state index in [0.717, 1.165) is 18.4 Å². The molecular formula is C21H18Cl2N2O3. The molecule has 3 rings (SSSR count). The third-order valence-corrected chi connectivity index (χ3v) is 5.52. The van der Waals surface area contributed by atoms with Crippen molar-refractivity contribution in [3.05, 3.63) is 63.6 Å². The van der Waals surface area contributed by atoms with Crippen LogP contribution in [0, 0.1) is 11.3 Å². The Morgan fingerprint density at radius 1 is 1.11 bits per heavy atom. The molecule has 1 aliphatic carbocycles. The molecule has 0 saturated heterocycles. The Labute approximate surface area is 173 Å². The van der Waals surface area contributed by atoms with Gasteiger partial charge in [0.05, 0.1) is 16.0 Å². The molecule has 2 aromatic rings. The number of nitriles is 1. The second-order valence-corrected chi connectivity index (χ2v) is 7.57. The number of rotatable bonds is 5. The van der Waals surface area contributed by atoms with Gasteiger partial charge in [-0.25, -0.2) is 0 Å². The van der Waals surface area contributed by atoms with Crippen molar-refractivity contribution in [2.24, 2.45) is 0 Å². The van der Waals surface area contributed by atoms with Crippen LogP contribution in [0.1, 0.15) is 36.8 Å². The summed E-state index contributed by atoms with van der Waals surface area (Å²) >= 11 is 11.9. The van der Waals surface area contributed by atoms with Gasteiger partial charge >= 0.3 is 5.97 Å². The first-order chi connectivity index (χ1) is 13.4. The van der Waals surface area contributed by atoms with Gasteiger partial charge in [-0.1, -0.05) is 48.2 Å². The number of amides is 1. The summed E-state index contributed by atoms with van der Waals surface area (Å²) in [5.74, 6) is -0.876. The normalized spacial score (nSPS) is 14.9. The summed E-state index contributed by atoms with van der Waals surface area (Å²) in [7, 11) is 0. The Morgan fingerprint density at radius 2 is 1.79 bits per heavy atom. The lowest BCUT2D eigenvalue weighted by atomic mass is 9.79. The van der Waals surface area contributed by atoms with Crippen LogP contribution in [-0.4, -0.2) is 18.5 Å². The van der Waals surface area contributed by atoms with Crippen molar-refractivity contribution in [3.63, 3.8) is 0 Å². The van der Waals surface area contributed by atoms with Gasteiger partial charge in [0.25, 0.3) is 5.91 Å². The zero-order chi connectivity index (χ0) is 20.1. The molecular weight excluding hydrogens is 399 g/mol.